The van der Waals surface area contributed by atoms with Crippen molar-refractivity contribution < 1.29 is 43.8 Å². The van der Waals surface area contributed by atoms with Gasteiger partial charge in [0.15, 0.2) is 17.8 Å². The highest BCUT2D eigenvalue weighted by atomic mass is 16.7. The normalized spacial score (nSPS) is 24.7. The first kappa shape index (κ1) is 24.7. The summed E-state index contributed by atoms with van der Waals surface area (Å²) in [4.78, 5) is 12.5. The van der Waals surface area contributed by atoms with Crippen LogP contribution in [0.25, 0.3) is 0 Å². The third-order valence-corrected chi connectivity index (χ3v) is 5.06. The number of hydrogen-bond acceptors (Lipinski definition) is 9. The number of methoxy groups -OCH3 is 1. The Morgan fingerprint density at radius 3 is 2.52 bits per heavy atom. The summed E-state index contributed by atoms with van der Waals surface area (Å²) in [5.41, 5.74) is 1.18. The molecule has 0 bridgehead atoms. The van der Waals surface area contributed by atoms with Crippen LogP contribution in [0.3, 0.4) is 0 Å². The number of benzene rings is 2. The minimum atomic E-state index is -1.53. The van der Waals surface area contributed by atoms with Crippen LogP contribution in [0.15, 0.2) is 61.2 Å². The van der Waals surface area contributed by atoms with Gasteiger partial charge in [-0.2, -0.15) is 0 Å². The molecule has 1 fully saturated rings. The summed E-state index contributed by atoms with van der Waals surface area (Å²) >= 11 is 0. The Labute approximate surface area is 191 Å². The molecule has 9 heteroatoms. The lowest BCUT2D eigenvalue weighted by atomic mass is 9.99. The molecule has 0 radical (unpaired) electrons. The highest BCUT2D eigenvalue weighted by Crippen LogP contribution is 2.29. The summed E-state index contributed by atoms with van der Waals surface area (Å²) in [7, 11) is 1.46. The maximum atomic E-state index is 12.5. The largest absolute Gasteiger partial charge is 0.493 e. The Morgan fingerprint density at radius 1 is 1.06 bits per heavy atom. The summed E-state index contributed by atoms with van der Waals surface area (Å²) < 4.78 is 27.1. The second-order valence-corrected chi connectivity index (χ2v) is 7.38. The van der Waals surface area contributed by atoms with Crippen molar-refractivity contribution in [2.75, 3.05) is 20.3 Å². The number of aliphatic hydroxyl groups is 3. The first-order chi connectivity index (χ1) is 15.9. The molecule has 0 aliphatic carbocycles. The fraction of sp³-hybridized carbons (Fsp3) is 0.375. The van der Waals surface area contributed by atoms with E-state index in [0.717, 1.165) is 5.56 Å². The first-order valence-electron chi connectivity index (χ1n) is 10.4. The van der Waals surface area contributed by atoms with E-state index in [4.69, 9.17) is 23.7 Å². The molecule has 0 aromatic heterocycles. The number of carbonyl (C=O) groups is 1. The first-order valence-corrected chi connectivity index (χ1v) is 10.4. The predicted molar refractivity (Wildman–Crippen MR) is 117 cm³/mol. The SMILES string of the molecule is C=CCO[C@@H]1O[C@H](COC(=O)c2ccc(OCc3ccccc3)c(OC)c2)[C@@H](O)[C@H](O)[C@H]1O. The van der Waals surface area contributed by atoms with Crippen molar-refractivity contribution in [1.82, 2.24) is 0 Å². The highest BCUT2D eigenvalue weighted by Gasteiger charge is 2.44. The zero-order valence-electron chi connectivity index (χ0n) is 18.2. The predicted octanol–water partition coefficient (Wildman–Crippen LogP) is 1.44. The van der Waals surface area contributed by atoms with E-state index in [1.54, 1.807) is 6.07 Å². The van der Waals surface area contributed by atoms with Gasteiger partial charge in [-0.3, -0.25) is 0 Å². The molecule has 3 rings (SSSR count). The van der Waals surface area contributed by atoms with Gasteiger partial charge in [0.2, 0.25) is 0 Å². The van der Waals surface area contributed by atoms with Crippen LogP contribution in [-0.2, 0) is 20.8 Å². The molecule has 5 atom stereocenters. The average molecular weight is 460 g/mol. The molecule has 2 aromatic carbocycles. The molecule has 0 unspecified atom stereocenters. The standard InChI is InChI=1S/C24H28O9/c1-3-11-30-24-22(27)21(26)20(25)19(33-24)14-32-23(28)16-9-10-17(18(12-16)29-2)31-13-15-7-5-4-6-8-15/h3-10,12,19-22,24-27H,1,11,13-14H2,2H3/t19-,20-,21+,22-,24-/m1/s1. The number of rotatable bonds is 10. The molecule has 1 heterocycles. The van der Waals surface area contributed by atoms with Gasteiger partial charge >= 0.3 is 5.97 Å². The second-order valence-electron chi connectivity index (χ2n) is 7.38. The molecule has 1 saturated heterocycles. The van der Waals surface area contributed by atoms with Gasteiger partial charge in [0.1, 0.15) is 37.6 Å². The minimum Gasteiger partial charge on any atom is -0.493 e. The van der Waals surface area contributed by atoms with E-state index in [-0.39, 0.29) is 18.8 Å². The Morgan fingerprint density at radius 2 is 1.82 bits per heavy atom. The second kappa shape index (κ2) is 11.8. The lowest BCUT2D eigenvalue weighted by Crippen LogP contribution is -2.59. The van der Waals surface area contributed by atoms with Gasteiger partial charge in [0.25, 0.3) is 0 Å². The van der Waals surface area contributed by atoms with Gasteiger partial charge in [-0.05, 0) is 23.8 Å². The van der Waals surface area contributed by atoms with Gasteiger partial charge in [0, 0.05) is 0 Å². The molecule has 1 aliphatic rings. The third-order valence-electron chi connectivity index (χ3n) is 5.06. The van der Waals surface area contributed by atoms with Gasteiger partial charge in [-0.15, -0.1) is 6.58 Å². The number of aliphatic hydroxyl groups excluding tert-OH is 3. The number of ether oxygens (including phenoxy) is 5. The molecule has 0 amide bonds. The van der Waals surface area contributed by atoms with Crippen LogP contribution in [0.2, 0.25) is 0 Å². The molecular weight excluding hydrogens is 432 g/mol. The van der Waals surface area contributed by atoms with Crippen molar-refractivity contribution in [2.45, 2.75) is 37.3 Å². The van der Waals surface area contributed by atoms with E-state index in [0.29, 0.717) is 18.1 Å². The maximum Gasteiger partial charge on any atom is 0.338 e. The molecule has 0 saturated carbocycles. The zero-order valence-corrected chi connectivity index (χ0v) is 18.2. The molecule has 33 heavy (non-hydrogen) atoms. The molecule has 0 spiro atoms. The Balaban J connectivity index is 1.60. The van der Waals surface area contributed by atoms with Crippen LogP contribution in [0, 0.1) is 0 Å². The van der Waals surface area contributed by atoms with Crippen LogP contribution < -0.4 is 9.47 Å². The summed E-state index contributed by atoms with van der Waals surface area (Å²) in [5, 5.41) is 30.2. The van der Waals surface area contributed by atoms with Gasteiger partial charge in [-0.1, -0.05) is 36.4 Å². The Kier molecular flexibility index (Phi) is 8.81. The number of esters is 1. The fourth-order valence-electron chi connectivity index (χ4n) is 3.25. The smallest absolute Gasteiger partial charge is 0.338 e. The third kappa shape index (κ3) is 6.31. The highest BCUT2D eigenvalue weighted by molar-refractivity contribution is 5.90. The van der Waals surface area contributed by atoms with Gasteiger partial charge in [-0.25, -0.2) is 4.79 Å². The van der Waals surface area contributed by atoms with Crippen LogP contribution in [0.5, 0.6) is 11.5 Å². The lowest BCUT2D eigenvalue weighted by molar-refractivity contribution is -0.298. The molecule has 1 aliphatic heterocycles. The minimum absolute atomic E-state index is 0.0650. The zero-order chi connectivity index (χ0) is 23.8. The molecular formula is C24H28O9. The van der Waals surface area contributed by atoms with Crippen molar-refractivity contribution in [3.8, 4) is 11.5 Å². The van der Waals surface area contributed by atoms with Crippen molar-refractivity contribution in [1.29, 1.82) is 0 Å². The fourth-order valence-corrected chi connectivity index (χ4v) is 3.25. The van der Waals surface area contributed by atoms with Gasteiger partial charge in [0.05, 0.1) is 19.3 Å². The van der Waals surface area contributed by atoms with Crippen molar-refractivity contribution >= 4 is 5.97 Å². The van der Waals surface area contributed by atoms with E-state index in [2.05, 4.69) is 6.58 Å². The number of carbonyl (C=O) groups excluding carboxylic acids is 1. The van der Waals surface area contributed by atoms with Crippen molar-refractivity contribution in [3.05, 3.63) is 72.3 Å². The summed E-state index contributed by atoms with van der Waals surface area (Å²) in [5.74, 6) is 0.122. The Bertz CT molecular complexity index is 917. The summed E-state index contributed by atoms with van der Waals surface area (Å²) in [6.07, 6.45) is -5.31. The number of hydrogen-bond donors (Lipinski definition) is 3. The van der Waals surface area contributed by atoms with Crippen LogP contribution in [0.4, 0.5) is 0 Å². The van der Waals surface area contributed by atoms with E-state index in [1.165, 1.54) is 25.3 Å². The van der Waals surface area contributed by atoms with E-state index in [9.17, 15) is 20.1 Å². The monoisotopic (exact) mass is 460 g/mol. The van der Waals surface area contributed by atoms with Gasteiger partial charge < -0.3 is 39.0 Å². The van der Waals surface area contributed by atoms with Crippen LogP contribution in [-0.4, -0.2) is 72.3 Å². The molecule has 9 nitrogen and oxygen atoms in total. The maximum absolute atomic E-state index is 12.5. The van der Waals surface area contributed by atoms with Crippen LogP contribution in [0.1, 0.15) is 15.9 Å². The van der Waals surface area contributed by atoms with Crippen LogP contribution >= 0.6 is 0 Å². The van der Waals surface area contributed by atoms with Crippen molar-refractivity contribution in [3.63, 3.8) is 0 Å². The molecule has 2 aromatic rings. The van der Waals surface area contributed by atoms with E-state index < -0.39 is 36.7 Å². The molecule has 3 N–H and O–H groups in total. The average Bonchev–Trinajstić information content (AvgIpc) is 2.85. The topological polar surface area (TPSA) is 124 Å². The van der Waals surface area contributed by atoms with E-state index in [1.807, 2.05) is 30.3 Å². The van der Waals surface area contributed by atoms with E-state index >= 15 is 0 Å². The van der Waals surface area contributed by atoms with Crippen molar-refractivity contribution in [2.24, 2.45) is 0 Å². The lowest BCUT2D eigenvalue weighted by Gasteiger charge is -2.39. The summed E-state index contributed by atoms with van der Waals surface area (Å²) in [6.45, 7) is 3.53. The molecule has 178 valence electrons. The summed E-state index contributed by atoms with van der Waals surface area (Å²) in [6, 6.07) is 14.2. The quantitative estimate of drug-likeness (QED) is 0.357. The Hall–Kier alpha value is -2.95.